The van der Waals surface area contributed by atoms with Gasteiger partial charge in [0.15, 0.2) is 0 Å². The van der Waals surface area contributed by atoms with E-state index in [1.54, 1.807) is 4.90 Å². The van der Waals surface area contributed by atoms with E-state index in [4.69, 9.17) is 0 Å². The van der Waals surface area contributed by atoms with Crippen LogP contribution in [0.15, 0.2) is 0 Å². The molecule has 0 spiro atoms. The van der Waals surface area contributed by atoms with E-state index < -0.39 is 0 Å². The van der Waals surface area contributed by atoms with Gasteiger partial charge in [0, 0.05) is 26.1 Å². The maximum atomic E-state index is 11.7. The maximum absolute atomic E-state index is 11.7. The molecule has 6 heteroatoms. The van der Waals surface area contributed by atoms with Gasteiger partial charge in [-0.05, 0) is 19.4 Å². The van der Waals surface area contributed by atoms with E-state index in [2.05, 4.69) is 10.6 Å². The number of amides is 2. The summed E-state index contributed by atoms with van der Waals surface area (Å²) in [6.07, 6.45) is 3.64. The summed E-state index contributed by atoms with van der Waals surface area (Å²) in [5.74, 6) is 0.0579. The average Bonchev–Trinajstić information content (AvgIpc) is 2.51. The topological polar surface area (TPSA) is 61.4 Å². The van der Waals surface area contributed by atoms with Crippen LogP contribution < -0.4 is 10.6 Å². The lowest BCUT2D eigenvalue weighted by molar-refractivity contribution is -0.135. The van der Waals surface area contributed by atoms with E-state index in [0.717, 1.165) is 38.9 Å². The fourth-order valence-corrected chi connectivity index (χ4v) is 1.90. The van der Waals surface area contributed by atoms with Crippen molar-refractivity contribution in [2.24, 2.45) is 0 Å². The summed E-state index contributed by atoms with van der Waals surface area (Å²) in [6, 6.07) is 0. The molecule has 1 rings (SSSR count). The van der Waals surface area contributed by atoms with Crippen molar-refractivity contribution in [2.75, 3.05) is 32.7 Å². The molecule has 0 aromatic rings. The number of hydrogen-bond donors (Lipinski definition) is 2. The zero-order valence-electron chi connectivity index (χ0n) is 11.0. The largest absolute Gasteiger partial charge is 0.353 e. The molecule has 0 atom stereocenters. The van der Waals surface area contributed by atoms with E-state index >= 15 is 0 Å². The van der Waals surface area contributed by atoms with Gasteiger partial charge in [0.25, 0.3) is 0 Å². The summed E-state index contributed by atoms with van der Waals surface area (Å²) in [5.41, 5.74) is 0. The van der Waals surface area contributed by atoms with E-state index in [0.29, 0.717) is 13.0 Å². The Balaban J connectivity index is 0.00000289. The van der Waals surface area contributed by atoms with Crippen LogP contribution in [0.4, 0.5) is 0 Å². The SMILES string of the molecule is CCNCCNC(=O)CN1CCCCCC1=O.Cl. The molecule has 2 amide bonds. The highest BCUT2D eigenvalue weighted by Crippen LogP contribution is 2.10. The van der Waals surface area contributed by atoms with E-state index in [1.807, 2.05) is 6.92 Å². The highest BCUT2D eigenvalue weighted by atomic mass is 35.5. The summed E-state index contributed by atoms with van der Waals surface area (Å²) in [6.45, 7) is 5.26. The molecule has 5 nitrogen and oxygen atoms in total. The number of nitrogens with zero attached hydrogens (tertiary/aromatic N) is 1. The van der Waals surface area contributed by atoms with Crippen LogP contribution in [-0.2, 0) is 9.59 Å². The Bertz CT molecular complexity index is 262. The quantitative estimate of drug-likeness (QED) is 0.697. The highest BCUT2D eigenvalue weighted by Gasteiger charge is 2.18. The van der Waals surface area contributed by atoms with Crippen LogP contribution in [0.3, 0.4) is 0 Å². The molecule has 1 aliphatic heterocycles. The Labute approximate surface area is 115 Å². The maximum Gasteiger partial charge on any atom is 0.239 e. The van der Waals surface area contributed by atoms with Gasteiger partial charge in [-0.3, -0.25) is 9.59 Å². The summed E-state index contributed by atoms with van der Waals surface area (Å²) < 4.78 is 0. The minimum absolute atomic E-state index is 0. The predicted molar refractivity (Wildman–Crippen MR) is 73.8 cm³/mol. The first-order valence-corrected chi connectivity index (χ1v) is 6.49. The second-order valence-corrected chi connectivity index (χ2v) is 4.33. The normalized spacial score (nSPS) is 15.8. The fourth-order valence-electron chi connectivity index (χ4n) is 1.90. The Kier molecular flexibility index (Phi) is 9.69. The number of rotatable bonds is 6. The molecule has 0 aliphatic carbocycles. The van der Waals surface area contributed by atoms with Gasteiger partial charge in [-0.1, -0.05) is 13.3 Å². The molecule has 0 saturated carbocycles. The number of nitrogens with one attached hydrogen (secondary N) is 2. The van der Waals surface area contributed by atoms with Crippen molar-refractivity contribution in [1.82, 2.24) is 15.5 Å². The molecule has 1 saturated heterocycles. The van der Waals surface area contributed by atoms with Crippen molar-refractivity contribution >= 4 is 24.2 Å². The van der Waals surface area contributed by atoms with E-state index in [1.165, 1.54) is 0 Å². The number of carbonyl (C=O) groups excluding carboxylic acids is 2. The van der Waals surface area contributed by atoms with Crippen LogP contribution in [0.2, 0.25) is 0 Å². The molecule has 2 N–H and O–H groups in total. The zero-order valence-corrected chi connectivity index (χ0v) is 11.9. The van der Waals surface area contributed by atoms with E-state index in [9.17, 15) is 9.59 Å². The van der Waals surface area contributed by atoms with Crippen molar-refractivity contribution in [3.63, 3.8) is 0 Å². The fraction of sp³-hybridized carbons (Fsp3) is 0.833. The van der Waals surface area contributed by atoms with Gasteiger partial charge in [0.2, 0.25) is 11.8 Å². The van der Waals surface area contributed by atoms with Crippen LogP contribution in [0.25, 0.3) is 0 Å². The van der Waals surface area contributed by atoms with Gasteiger partial charge < -0.3 is 15.5 Å². The van der Waals surface area contributed by atoms with Gasteiger partial charge >= 0.3 is 0 Å². The number of carbonyl (C=O) groups is 2. The van der Waals surface area contributed by atoms with Crippen molar-refractivity contribution in [3.05, 3.63) is 0 Å². The minimum atomic E-state index is -0.0573. The molecule has 0 unspecified atom stereocenters. The lowest BCUT2D eigenvalue weighted by atomic mass is 10.2. The van der Waals surface area contributed by atoms with Crippen LogP contribution in [0, 0.1) is 0 Å². The average molecular weight is 278 g/mol. The molecule has 1 heterocycles. The van der Waals surface area contributed by atoms with Gasteiger partial charge in [-0.25, -0.2) is 0 Å². The molecule has 106 valence electrons. The van der Waals surface area contributed by atoms with E-state index in [-0.39, 0.29) is 30.8 Å². The van der Waals surface area contributed by atoms with Gasteiger partial charge in [-0.15, -0.1) is 12.4 Å². The Morgan fingerprint density at radius 3 is 2.78 bits per heavy atom. The molecule has 0 aromatic carbocycles. The van der Waals surface area contributed by atoms with Gasteiger partial charge in [0.05, 0.1) is 6.54 Å². The smallest absolute Gasteiger partial charge is 0.239 e. The Morgan fingerprint density at radius 1 is 1.28 bits per heavy atom. The Morgan fingerprint density at radius 2 is 2.06 bits per heavy atom. The lowest BCUT2D eigenvalue weighted by Gasteiger charge is -2.19. The summed E-state index contributed by atoms with van der Waals surface area (Å²) in [7, 11) is 0. The van der Waals surface area contributed by atoms with Crippen molar-refractivity contribution in [3.8, 4) is 0 Å². The number of likely N-dealkylation sites (N-methyl/N-ethyl adjacent to an activating group) is 1. The first kappa shape index (κ1) is 17.2. The van der Waals surface area contributed by atoms with Crippen LogP contribution in [0.5, 0.6) is 0 Å². The van der Waals surface area contributed by atoms with Crippen molar-refractivity contribution < 1.29 is 9.59 Å². The third-order valence-electron chi connectivity index (χ3n) is 2.88. The molecule has 18 heavy (non-hydrogen) atoms. The second-order valence-electron chi connectivity index (χ2n) is 4.33. The molecular formula is C12H24ClN3O2. The number of likely N-dealkylation sites (tertiary alicyclic amines) is 1. The molecule has 1 aliphatic rings. The molecule has 0 radical (unpaired) electrons. The van der Waals surface area contributed by atoms with Crippen LogP contribution in [0.1, 0.15) is 32.6 Å². The minimum Gasteiger partial charge on any atom is -0.353 e. The van der Waals surface area contributed by atoms with Crippen LogP contribution in [-0.4, -0.2) is 49.4 Å². The number of halogens is 1. The predicted octanol–water partition coefficient (Wildman–Crippen LogP) is 0.536. The van der Waals surface area contributed by atoms with Gasteiger partial charge in [0.1, 0.15) is 0 Å². The van der Waals surface area contributed by atoms with Crippen molar-refractivity contribution in [1.29, 1.82) is 0 Å². The first-order valence-electron chi connectivity index (χ1n) is 6.49. The third-order valence-corrected chi connectivity index (χ3v) is 2.88. The number of hydrogen-bond acceptors (Lipinski definition) is 3. The van der Waals surface area contributed by atoms with Gasteiger partial charge in [-0.2, -0.15) is 0 Å². The summed E-state index contributed by atoms with van der Waals surface area (Å²) >= 11 is 0. The molecule has 0 bridgehead atoms. The van der Waals surface area contributed by atoms with Crippen LogP contribution >= 0.6 is 12.4 Å². The second kappa shape index (κ2) is 10.1. The summed E-state index contributed by atoms with van der Waals surface area (Å²) in [4.78, 5) is 24.9. The van der Waals surface area contributed by atoms with Crippen molar-refractivity contribution in [2.45, 2.75) is 32.6 Å². The lowest BCUT2D eigenvalue weighted by Crippen LogP contribution is -2.42. The summed E-state index contributed by atoms with van der Waals surface area (Å²) in [5, 5.41) is 5.94. The molecule has 0 aromatic heterocycles. The zero-order chi connectivity index (χ0) is 12.5. The standard InChI is InChI=1S/C12H23N3O2.ClH/c1-2-13-7-8-14-11(16)10-15-9-5-3-4-6-12(15)17;/h13H,2-10H2,1H3,(H,14,16);1H. The molecular weight excluding hydrogens is 254 g/mol. The monoisotopic (exact) mass is 277 g/mol. The third kappa shape index (κ3) is 6.81. The Hall–Kier alpha value is -0.810. The highest BCUT2D eigenvalue weighted by molar-refractivity contribution is 5.85. The first-order chi connectivity index (χ1) is 8.24. The molecule has 1 fully saturated rings.